The van der Waals surface area contributed by atoms with Gasteiger partial charge in [-0.15, -0.1) is 0 Å². The third-order valence-electron chi connectivity index (χ3n) is 1.68. The van der Waals surface area contributed by atoms with Crippen LogP contribution in [0.1, 0.15) is 18.3 Å². The highest BCUT2D eigenvalue weighted by atomic mass is 79.9. The summed E-state index contributed by atoms with van der Waals surface area (Å²) in [6.07, 6.45) is -0.447. The fourth-order valence-corrected chi connectivity index (χ4v) is 1.42. The van der Waals surface area contributed by atoms with E-state index in [2.05, 4.69) is 20.9 Å². The number of nitriles is 1. The molecule has 1 aromatic heterocycles. The number of aromatic nitrogens is 1. The van der Waals surface area contributed by atoms with E-state index in [1.807, 2.05) is 25.1 Å². The zero-order valence-electron chi connectivity index (χ0n) is 8.12. The van der Waals surface area contributed by atoms with Crippen molar-refractivity contribution in [2.24, 2.45) is 0 Å². The topological polar surface area (TPSA) is 45.9 Å². The molecule has 3 nitrogen and oxygen atoms in total. The summed E-state index contributed by atoms with van der Waals surface area (Å²) in [6, 6.07) is 5.72. The van der Waals surface area contributed by atoms with Crippen molar-refractivity contribution in [1.82, 2.24) is 4.98 Å². The first kappa shape index (κ1) is 11.0. The molecule has 0 saturated carbocycles. The van der Waals surface area contributed by atoms with Crippen LogP contribution < -0.4 is 4.74 Å². The molecule has 0 fully saturated rings. The van der Waals surface area contributed by atoms with Crippen LogP contribution >= 0.6 is 15.9 Å². The summed E-state index contributed by atoms with van der Waals surface area (Å²) in [6.45, 7) is 3.63. The van der Waals surface area contributed by atoms with E-state index < -0.39 is 6.10 Å². The second-order valence-corrected chi connectivity index (χ2v) is 3.48. The number of hydrogen-bond acceptors (Lipinski definition) is 3. The van der Waals surface area contributed by atoms with Crippen molar-refractivity contribution in [1.29, 1.82) is 5.26 Å². The average molecular weight is 255 g/mol. The Labute approximate surface area is 91.8 Å². The second-order valence-electron chi connectivity index (χ2n) is 2.92. The van der Waals surface area contributed by atoms with E-state index in [4.69, 9.17) is 10.00 Å². The van der Waals surface area contributed by atoms with Crippen molar-refractivity contribution in [2.75, 3.05) is 0 Å². The predicted molar refractivity (Wildman–Crippen MR) is 57.3 cm³/mol. The quantitative estimate of drug-likeness (QED) is 0.780. The number of alkyl halides is 1. The number of nitrogens with zero attached hydrogens (tertiary/aromatic N) is 2. The molecule has 0 aliphatic rings. The van der Waals surface area contributed by atoms with Crippen molar-refractivity contribution in [2.45, 2.75) is 25.3 Å². The largest absolute Gasteiger partial charge is 0.474 e. The fraction of sp³-hybridized carbons (Fsp3) is 0.400. The van der Waals surface area contributed by atoms with Gasteiger partial charge in [-0.1, -0.05) is 15.9 Å². The normalized spacial score (nSPS) is 11.9. The van der Waals surface area contributed by atoms with Gasteiger partial charge in [0, 0.05) is 11.0 Å². The Morgan fingerprint density at radius 3 is 2.93 bits per heavy atom. The van der Waals surface area contributed by atoms with Crippen LogP contribution in [-0.2, 0) is 5.33 Å². The van der Waals surface area contributed by atoms with Gasteiger partial charge in [-0.2, -0.15) is 5.26 Å². The first-order valence-electron chi connectivity index (χ1n) is 4.26. The van der Waals surface area contributed by atoms with Crippen LogP contribution in [0.2, 0.25) is 0 Å². The van der Waals surface area contributed by atoms with Crippen LogP contribution in [0.15, 0.2) is 12.1 Å². The number of halogens is 1. The monoisotopic (exact) mass is 254 g/mol. The number of ether oxygens (including phenoxy) is 1. The molecule has 0 aliphatic carbocycles. The van der Waals surface area contributed by atoms with E-state index in [9.17, 15) is 0 Å². The van der Waals surface area contributed by atoms with E-state index in [1.165, 1.54) is 0 Å². The lowest BCUT2D eigenvalue weighted by Gasteiger charge is -2.10. The zero-order valence-corrected chi connectivity index (χ0v) is 9.71. The fourth-order valence-electron chi connectivity index (χ4n) is 1.02. The summed E-state index contributed by atoms with van der Waals surface area (Å²) in [5.74, 6) is 0.668. The minimum Gasteiger partial charge on any atom is -0.474 e. The van der Waals surface area contributed by atoms with E-state index in [-0.39, 0.29) is 0 Å². The molecule has 0 spiro atoms. The molecule has 4 heteroatoms. The lowest BCUT2D eigenvalue weighted by atomic mass is 10.3. The lowest BCUT2D eigenvalue weighted by Crippen LogP contribution is -2.10. The Kier molecular flexibility index (Phi) is 3.90. The van der Waals surface area contributed by atoms with Crippen molar-refractivity contribution >= 4 is 15.9 Å². The molecular formula is C10H11BrN2O. The van der Waals surface area contributed by atoms with Crippen molar-refractivity contribution < 1.29 is 4.74 Å². The van der Waals surface area contributed by atoms with Crippen LogP contribution in [0, 0.1) is 18.3 Å². The van der Waals surface area contributed by atoms with Crippen molar-refractivity contribution in [3.8, 4) is 11.8 Å². The predicted octanol–water partition coefficient (Wildman–Crippen LogP) is 2.58. The molecule has 74 valence electrons. The lowest BCUT2D eigenvalue weighted by molar-refractivity contribution is 0.273. The van der Waals surface area contributed by atoms with Crippen molar-refractivity contribution in [3.63, 3.8) is 0 Å². The summed E-state index contributed by atoms with van der Waals surface area (Å²) in [5, 5.41) is 9.23. The average Bonchev–Trinajstić information content (AvgIpc) is 2.20. The van der Waals surface area contributed by atoms with Gasteiger partial charge in [-0.25, -0.2) is 0 Å². The minimum absolute atomic E-state index is 0.447. The Bertz CT molecular complexity index is 360. The number of hydrogen-bond donors (Lipinski definition) is 0. The van der Waals surface area contributed by atoms with Gasteiger partial charge >= 0.3 is 0 Å². The maximum Gasteiger partial charge on any atom is 0.181 e. The van der Waals surface area contributed by atoms with Gasteiger partial charge in [0.15, 0.2) is 6.10 Å². The highest BCUT2D eigenvalue weighted by molar-refractivity contribution is 9.08. The molecule has 0 aliphatic heterocycles. The molecule has 1 heterocycles. The van der Waals surface area contributed by atoms with Crippen LogP contribution in [0.3, 0.4) is 0 Å². The molecule has 1 unspecified atom stereocenters. The maximum absolute atomic E-state index is 8.61. The van der Waals surface area contributed by atoms with Crippen LogP contribution in [0.5, 0.6) is 5.75 Å². The first-order chi connectivity index (χ1) is 6.67. The maximum atomic E-state index is 8.61. The second kappa shape index (κ2) is 4.97. The van der Waals surface area contributed by atoms with Gasteiger partial charge in [0.1, 0.15) is 11.8 Å². The summed E-state index contributed by atoms with van der Waals surface area (Å²) < 4.78 is 5.39. The summed E-state index contributed by atoms with van der Waals surface area (Å²) >= 11 is 3.33. The van der Waals surface area contributed by atoms with E-state index in [0.717, 1.165) is 11.4 Å². The molecule has 0 bridgehead atoms. The molecule has 1 rings (SSSR count). The number of rotatable bonds is 3. The standard InChI is InChI=1S/C10H11BrN2O/c1-7-3-4-10(9(5-11)13-7)14-8(2)6-12/h3-4,8H,5H2,1-2H3. The number of pyridine rings is 1. The summed E-state index contributed by atoms with van der Waals surface area (Å²) in [5.41, 5.74) is 1.77. The highest BCUT2D eigenvalue weighted by Gasteiger charge is 2.07. The molecule has 0 aromatic carbocycles. The van der Waals surface area contributed by atoms with Gasteiger partial charge in [-0.05, 0) is 26.0 Å². The van der Waals surface area contributed by atoms with E-state index in [1.54, 1.807) is 6.92 Å². The molecule has 0 saturated heterocycles. The molecule has 0 amide bonds. The van der Waals surface area contributed by atoms with Gasteiger partial charge in [-0.3, -0.25) is 4.98 Å². The highest BCUT2D eigenvalue weighted by Crippen LogP contribution is 2.20. The Hall–Kier alpha value is -1.08. The van der Waals surface area contributed by atoms with Gasteiger partial charge in [0.2, 0.25) is 0 Å². The molecule has 0 N–H and O–H groups in total. The molecule has 14 heavy (non-hydrogen) atoms. The third-order valence-corrected chi connectivity index (χ3v) is 2.21. The van der Waals surface area contributed by atoms with Gasteiger partial charge in [0.25, 0.3) is 0 Å². The van der Waals surface area contributed by atoms with Crippen LogP contribution in [0.25, 0.3) is 0 Å². The van der Waals surface area contributed by atoms with E-state index in [0.29, 0.717) is 11.1 Å². The molecular weight excluding hydrogens is 244 g/mol. The van der Waals surface area contributed by atoms with Crippen molar-refractivity contribution in [3.05, 3.63) is 23.5 Å². The minimum atomic E-state index is -0.447. The Morgan fingerprint density at radius 1 is 1.64 bits per heavy atom. The zero-order chi connectivity index (χ0) is 10.6. The number of aryl methyl sites for hydroxylation is 1. The summed E-state index contributed by atoms with van der Waals surface area (Å²) in [7, 11) is 0. The van der Waals surface area contributed by atoms with Crippen LogP contribution in [0.4, 0.5) is 0 Å². The Morgan fingerprint density at radius 2 is 2.36 bits per heavy atom. The third kappa shape index (κ3) is 2.71. The van der Waals surface area contributed by atoms with Crippen LogP contribution in [-0.4, -0.2) is 11.1 Å². The SMILES string of the molecule is Cc1ccc(OC(C)C#N)c(CBr)n1. The first-order valence-corrected chi connectivity index (χ1v) is 5.38. The van der Waals surface area contributed by atoms with Gasteiger partial charge < -0.3 is 4.74 Å². The Balaban J connectivity index is 2.92. The molecule has 1 aromatic rings. The summed E-state index contributed by atoms with van der Waals surface area (Å²) in [4.78, 5) is 4.30. The molecule has 0 radical (unpaired) electrons. The van der Waals surface area contributed by atoms with Gasteiger partial charge in [0.05, 0.1) is 5.69 Å². The molecule has 1 atom stereocenters. The smallest absolute Gasteiger partial charge is 0.181 e. The van der Waals surface area contributed by atoms with E-state index >= 15 is 0 Å².